The minimum absolute atomic E-state index is 0.197. The van der Waals surface area contributed by atoms with E-state index in [1.165, 1.54) is 37.7 Å². The van der Waals surface area contributed by atoms with Gasteiger partial charge in [-0.2, -0.15) is 0 Å². The molecular formula is C16H27N3. The molecule has 3 heteroatoms. The van der Waals surface area contributed by atoms with Gasteiger partial charge in [-0.15, -0.1) is 0 Å². The van der Waals surface area contributed by atoms with Crippen LogP contribution in [0.15, 0.2) is 30.3 Å². The van der Waals surface area contributed by atoms with Crippen LogP contribution in [-0.4, -0.2) is 30.6 Å². The molecule has 1 aliphatic carbocycles. The molecule has 0 aromatic heterocycles. The van der Waals surface area contributed by atoms with Gasteiger partial charge in [-0.05, 0) is 38.9 Å². The van der Waals surface area contributed by atoms with Crippen LogP contribution < -0.4 is 11.3 Å². The number of nitrogens with two attached hydrogens (primary N) is 1. The fraction of sp³-hybridized carbons (Fsp3) is 0.625. The fourth-order valence-electron chi connectivity index (χ4n) is 3.53. The van der Waals surface area contributed by atoms with Crippen LogP contribution in [0.5, 0.6) is 0 Å². The van der Waals surface area contributed by atoms with Crippen molar-refractivity contribution >= 4 is 0 Å². The number of likely N-dealkylation sites (N-methyl/N-ethyl adjacent to an activating group) is 1. The molecule has 0 spiro atoms. The van der Waals surface area contributed by atoms with E-state index >= 15 is 0 Å². The Morgan fingerprint density at radius 1 is 1.16 bits per heavy atom. The highest BCUT2D eigenvalue weighted by Gasteiger charge is 2.41. The minimum atomic E-state index is 0.197. The summed E-state index contributed by atoms with van der Waals surface area (Å²) in [5, 5.41) is 0. The maximum absolute atomic E-state index is 5.90. The minimum Gasteiger partial charge on any atom is -0.302 e. The summed E-state index contributed by atoms with van der Waals surface area (Å²) in [7, 11) is 4.39. The van der Waals surface area contributed by atoms with Crippen molar-refractivity contribution < 1.29 is 0 Å². The summed E-state index contributed by atoms with van der Waals surface area (Å²) >= 11 is 0. The Labute approximate surface area is 117 Å². The second kappa shape index (κ2) is 6.51. The van der Waals surface area contributed by atoms with Crippen LogP contribution in [0, 0.1) is 0 Å². The molecule has 1 aliphatic rings. The van der Waals surface area contributed by atoms with Gasteiger partial charge in [-0.25, -0.2) is 0 Å². The van der Waals surface area contributed by atoms with Gasteiger partial charge in [0.1, 0.15) is 0 Å². The molecule has 3 N–H and O–H groups in total. The molecule has 106 valence electrons. The number of benzene rings is 1. The lowest BCUT2D eigenvalue weighted by atomic mass is 9.73. The molecule has 19 heavy (non-hydrogen) atoms. The molecule has 1 atom stereocenters. The topological polar surface area (TPSA) is 41.3 Å². The zero-order chi connectivity index (χ0) is 13.7. The summed E-state index contributed by atoms with van der Waals surface area (Å²) in [6, 6.07) is 11.0. The molecule has 0 heterocycles. The predicted molar refractivity (Wildman–Crippen MR) is 80.8 cm³/mol. The van der Waals surface area contributed by atoms with E-state index in [0.29, 0.717) is 6.04 Å². The first-order valence-electron chi connectivity index (χ1n) is 7.36. The first kappa shape index (κ1) is 14.5. The normalized spacial score (nSPS) is 20.4. The number of nitrogens with zero attached hydrogens (tertiary/aromatic N) is 1. The van der Waals surface area contributed by atoms with Crippen LogP contribution in [-0.2, 0) is 6.42 Å². The lowest BCUT2D eigenvalue weighted by Gasteiger charge is -2.48. The second-order valence-corrected chi connectivity index (χ2v) is 5.97. The van der Waals surface area contributed by atoms with Gasteiger partial charge in [0, 0.05) is 11.6 Å². The number of hydrogen-bond donors (Lipinski definition) is 2. The van der Waals surface area contributed by atoms with Crippen molar-refractivity contribution in [2.45, 2.75) is 50.1 Å². The molecule has 1 aromatic carbocycles. The summed E-state index contributed by atoms with van der Waals surface area (Å²) in [6.07, 6.45) is 7.45. The third-order valence-electron chi connectivity index (χ3n) is 4.74. The van der Waals surface area contributed by atoms with E-state index < -0.39 is 0 Å². The van der Waals surface area contributed by atoms with E-state index in [0.717, 1.165) is 6.42 Å². The first-order valence-corrected chi connectivity index (χ1v) is 7.36. The van der Waals surface area contributed by atoms with E-state index in [1.807, 2.05) is 0 Å². The zero-order valence-electron chi connectivity index (χ0n) is 12.2. The zero-order valence-corrected chi connectivity index (χ0v) is 12.2. The van der Waals surface area contributed by atoms with E-state index in [9.17, 15) is 0 Å². The molecule has 0 saturated heterocycles. The summed E-state index contributed by atoms with van der Waals surface area (Å²) in [5.74, 6) is 5.90. The average molecular weight is 261 g/mol. The van der Waals surface area contributed by atoms with Crippen molar-refractivity contribution in [3.8, 4) is 0 Å². The lowest BCUT2D eigenvalue weighted by Crippen LogP contribution is -2.62. The largest absolute Gasteiger partial charge is 0.302 e. The van der Waals surface area contributed by atoms with Crippen LogP contribution in [0.1, 0.15) is 37.7 Å². The van der Waals surface area contributed by atoms with Crippen LogP contribution in [0.4, 0.5) is 0 Å². The highest BCUT2D eigenvalue weighted by Crippen LogP contribution is 2.36. The highest BCUT2D eigenvalue weighted by molar-refractivity contribution is 5.18. The fourth-order valence-corrected chi connectivity index (χ4v) is 3.53. The van der Waals surface area contributed by atoms with Gasteiger partial charge in [-0.1, -0.05) is 49.6 Å². The van der Waals surface area contributed by atoms with E-state index in [-0.39, 0.29) is 5.54 Å². The van der Waals surface area contributed by atoms with Gasteiger partial charge in [0.2, 0.25) is 0 Å². The van der Waals surface area contributed by atoms with Gasteiger partial charge in [0.05, 0.1) is 0 Å². The number of nitrogens with one attached hydrogen (secondary N) is 1. The van der Waals surface area contributed by atoms with Crippen LogP contribution in [0.25, 0.3) is 0 Å². The molecule has 1 saturated carbocycles. The van der Waals surface area contributed by atoms with Crippen LogP contribution >= 0.6 is 0 Å². The highest BCUT2D eigenvalue weighted by atomic mass is 15.3. The Morgan fingerprint density at radius 3 is 2.32 bits per heavy atom. The van der Waals surface area contributed by atoms with Crippen molar-refractivity contribution in [1.29, 1.82) is 0 Å². The summed E-state index contributed by atoms with van der Waals surface area (Å²) in [5.41, 5.74) is 4.66. The Balaban J connectivity index is 2.17. The van der Waals surface area contributed by atoms with E-state index in [4.69, 9.17) is 5.84 Å². The van der Waals surface area contributed by atoms with Gasteiger partial charge >= 0.3 is 0 Å². The molecule has 3 nitrogen and oxygen atoms in total. The summed E-state index contributed by atoms with van der Waals surface area (Å²) in [4.78, 5) is 2.39. The smallest absolute Gasteiger partial charge is 0.0434 e. The molecule has 1 fully saturated rings. The third kappa shape index (κ3) is 3.16. The predicted octanol–water partition coefficient (Wildman–Crippen LogP) is 2.33. The molecule has 0 amide bonds. The number of hydrazine groups is 1. The van der Waals surface area contributed by atoms with Gasteiger partial charge in [0.15, 0.2) is 0 Å². The molecule has 0 bridgehead atoms. The molecule has 1 aromatic rings. The summed E-state index contributed by atoms with van der Waals surface area (Å²) in [6.45, 7) is 0. The first-order chi connectivity index (χ1) is 9.19. The molecule has 1 unspecified atom stereocenters. The van der Waals surface area contributed by atoms with Gasteiger partial charge < -0.3 is 4.90 Å². The summed E-state index contributed by atoms with van der Waals surface area (Å²) < 4.78 is 0. The average Bonchev–Trinajstić information content (AvgIpc) is 2.46. The Morgan fingerprint density at radius 2 is 1.79 bits per heavy atom. The van der Waals surface area contributed by atoms with Crippen LogP contribution in [0.3, 0.4) is 0 Å². The monoisotopic (exact) mass is 261 g/mol. The standard InChI is InChI=1S/C16H27N3/c1-19(2)16(11-7-4-8-12-16)15(18-17)13-14-9-5-3-6-10-14/h3,5-6,9-10,15,18H,4,7-8,11-13,17H2,1-2H3. The quantitative estimate of drug-likeness (QED) is 0.631. The van der Waals surface area contributed by atoms with Crippen LogP contribution in [0.2, 0.25) is 0 Å². The van der Waals surface area contributed by atoms with E-state index in [1.54, 1.807) is 0 Å². The Hall–Kier alpha value is -0.900. The van der Waals surface area contributed by atoms with Crippen molar-refractivity contribution in [2.75, 3.05) is 14.1 Å². The lowest BCUT2D eigenvalue weighted by molar-refractivity contribution is 0.0569. The molecule has 2 rings (SSSR count). The second-order valence-electron chi connectivity index (χ2n) is 5.97. The molecule has 0 radical (unpaired) electrons. The van der Waals surface area contributed by atoms with Gasteiger partial charge in [-0.3, -0.25) is 11.3 Å². The van der Waals surface area contributed by atoms with Crippen molar-refractivity contribution in [3.05, 3.63) is 35.9 Å². The Bertz CT molecular complexity index is 369. The van der Waals surface area contributed by atoms with Gasteiger partial charge in [0.25, 0.3) is 0 Å². The SMILES string of the molecule is CN(C)C1(C(Cc2ccccc2)NN)CCCCC1. The maximum atomic E-state index is 5.90. The Kier molecular flexibility index (Phi) is 4.97. The van der Waals surface area contributed by atoms with E-state index in [2.05, 4.69) is 54.8 Å². The van der Waals surface area contributed by atoms with Crippen molar-refractivity contribution in [2.24, 2.45) is 5.84 Å². The number of rotatable bonds is 5. The number of hydrogen-bond acceptors (Lipinski definition) is 3. The van der Waals surface area contributed by atoms with Crippen molar-refractivity contribution in [1.82, 2.24) is 10.3 Å². The third-order valence-corrected chi connectivity index (χ3v) is 4.74. The van der Waals surface area contributed by atoms with Crippen molar-refractivity contribution in [3.63, 3.8) is 0 Å². The molecule has 0 aliphatic heterocycles. The maximum Gasteiger partial charge on any atom is 0.0434 e. The molecular weight excluding hydrogens is 234 g/mol.